The molecule has 3 heterocycles. The summed E-state index contributed by atoms with van der Waals surface area (Å²) in [5.41, 5.74) is 1.60. The minimum absolute atomic E-state index is 0.0354. The molecule has 0 aliphatic carbocycles. The lowest BCUT2D eigenvalue weighted by molar-refractivity contribution is 0.0654. The van der Waals surface area contributed by atoms with Gasteiger partial charge in [0.05, 0.1) is 12.2 Å². The van der Waals surface area contributed by atoms with E-state index in [1.807, 2.05) is 5.48 Å². The van der Waals surface area contributed by atoms with Crippen LogP contribution in [0.25, 0.3) is 0 Å². The van der Waals surface area contributed by atoms with Crippen LogP contribution in [0.1, 0.15) is 12.5 Å². The zero-order chi connectivity index (χ0) is 19.4. The van der Waals surface area contributed by atoms with Gasteiger partial charge in [-0.3, -0.25) is 0 Å². The molecule has 0 fully saturated rings. The quantitative estimate of drug-likeness (QED) is 0.647. The van der Waals surface area contributed by atoms with E-state index in [1.54, 1.807) is 18.4 Å². The Morgan fingerprint density at radius 3 is 3.00 bits per heavy atom. The van der Waals surface area contributed by atoms with Gasteiger partial charge in [0.2, 0.25) is 11.1 Å². The molecule has 0 aromatic carbocycles. The van der Waals surface area contributed by atoms with Gasteiger partial charge in [0, 0.05) is 7.05 Å². The normalized spacial score (nSPS) is 14.7. The van der Waals surface area contributed by atoms with Crippen molar-refractivity contribution in [1.82, 2.24) is 19.8 Å². The lowest BCUT2D eigenvalue weighted by Crippen LogP contribution is -2.37. The first-order valence-electron chi connectivity index (χ1n) is 7.61. The van der Waals surface area contributed by atoms with E-state index in [2.05, 4.69) is 10.3 Å². The number of ether oxygens (including phenoxy) is 2. The van der Waals surface area contributed by atoms with Crippen molar-refractivity contribution in [1.29, 1.82) is 0 Å². The highest BCUT2D eigenvalue weighted by Crippen LogP contribution is 2.23. The van der Waals surface area contributed by atoms with Gasteiger partial charge >= 0.3 is 17.7 Å². The summed E-state index contributed by atoms with van der Waals surface area (Å²) >= 11 is -0.965. The molecule has 2 aromatic rings. The maximum absolute atomic E-state index is 12.4. The SMILES string of the molecule is CCOc1nn(C(=O)NOS(=O)c2sccc2C2=NOCCO2)c(=O)n1C. The molecule has 1 N–H and O–H groups in total. The molecule has 27 heavy (non-hydrogen) atoms. The number of carbonyl (C=O) groups is 1. The number of aromatic nitrogens is 3. The molecule has 0 saturated carbocycles. The summed E-state index contributed by atoms with van der Waals surface area (Å²) in [6.07, 6.45) is 0. The van der Waals surface area contributed by atoms with E-state index < -0.39 is 22.8 Å². The molecule has 12 nitrogen and oxygen atoms in total. The third-order valence-corrected chi connectivity index (χ3v) is 5.34. The van der Waals surface area contributed by atoms with Crippen LogP contribution in [0.2, 0.25) is 0 Å². The molecular weight excluding hydrogens is 402 g/mol. The third-order valence-electron chi connectivity index (χ3n) is 3.18. The van der Waals surface area contributed by atoms with Crippen LogP contribution >= 0.6 is 11.3 Å². The largest absolute Gasteiger partial charge is 0.471 e. The van der Waals surface area contributed by atoms with Gasteiger partial charge in [-0.2, -0.15) is 9.76 Å². The number of hydroxylamine groups is 1. The first-order valence-corrected chi connectivity index (χ1v) is 9.57. The Hall–Kier alpha value is -2.71. The lowest BCUT2D eigenvalue weighted by Gasteiger charge is -2.13. The van der Waals surface area contributed by atoms with Crippen molar-refractivity contribution in [2.75, 3.05) is 19.8 Å². The number of carbonyl (C=O) groups excluding carboxylic acids is 1. The minimum Gasteiger partial charge on any atom is -0.471 e. The Morgan fingerprint density at radius 2 is 2.30 bits per heavy atom. The van der Waals surface area contributed by atoms with Gasteiger partial charge in [-0.25, -0.2) is 18.4 Å². The Morgan fingerprint density at radius 1 is 1.48 bits per heavy atom. The number of amides is 1. The van der Waals surface area contributed by atoms with Gasteiger partial charge < -0.3 is 14.3 Å². The highest BCUT2D eigenvalue weighted by atomic mass is 32.2. The molecule has 0 radical (unpaired) electrons. The van der Waals surface area contributed by atoms with Crippen LogP contribution in [0.5, 0.6) is 6.01 Å². The third kappa shape index (κ3) is 4.01. The summed E-state index contributed by atoms with van der Waals surface area (Å²) < 4.78 is 29.5. The average molecular weight is 417 g/mol. The molecule has 1 amide bonds. The Bertz CT molecular complexity index is 947. The Labute approximate surface area is 158 Å². The molecule has 1 unspecified atom stereocenters. The number of hydrogen-bond donors (Lipinski definition) is 1. The van der Waals surface area contributed by atoms with E-state index in [4.69, 9.17) is 18.6 Å². The number of nitrogens with one attached hydrogen (secondary N) is 1. The molecule has 1 atom stereocenters. The summed E-state index contributed by atoms with van der Waals surface area (Å²) in [7, 11) is 1.40. The maximum atomic E-state index is 12.4. The second kappa shape index (κ2) is 8.32. The second-order valence-corrected chi connectivity index (χ2v) is 7.11. The van der Waals surface area contributed by atoms with Crippen LogP contribution in [0, 0.1) is 0 Å². The monoisotopic (exact) mass is 417 g/mol. The van der Waals surface area contributed by atoms with E-state index in [0.717, 1.165) is 15.9 Å². The van der Waals surface area contributed by atoms with Gasteiger partial charge in [0.25, 0.3) is 5.90 Å². The number of rotatable bonds is 6. The summed E-state index contributed by atoms with van der Waals surface area (Å²) in [6, 6.07) is 0.572. The van der Waals surface area contributed by atoms with Crippen molar-refractivity contribution in [3.63, 3.8) is 0 Å². The van der Waals surface area contributed by atoms with Crippen molar-refractivity contribution in [2.24, 2.45) is 12.2 Å². The molecule has 1 aliphatic heterocycles. The van der Waals surface area contributed by atoms with Gasteiger partial charge in [-0.15, -0.1) is 21.1 Å². The average Bonchev–Trinajstić information content (AvgIpc) is 3.28. The van der Waals surface area contributed by atoms with E-state index in [9.17, 15) is 13.8 Å². The molecule has 2 aromatic heterocycles. The summed E-state index contributed by atoms with van der Waals surface area (Å²) in [5.74, 6) is 0.170. The van der Waals surface area contributed by atoms with Gasteiger partial charge in [0.1, 0.15) is 10.8 Å². The topological polar surface area (TPSA) is 135 Å². The summed E-state index contributed by atoms with van der Waals surface area (Å²) in [6.45, 7) is 2.60. The predicted molar refractivity (Wildman–Crippen MR) is 92.8 cm³/mol. The molecular formula is C13H15N5O7S2. The van der Waals surface area contributed by atoms with Crippen molar-refractivity contribution >= 4 is 34.3 Å². The molecule has 14 heteroatoms. The fourth-order valence-corrected chi connectivity index (χ4v) is 3.73. The molecule has 1 aliphatic rings. The first kappa shape index (κ1) is 19.1. The first-order chi connectivity index (χ1) is 13.0. The Kier molecular flexibility index (Phi) is 5.88. The van der Waals surface area contributed by atoms with Crippen molar-refractivity contribution in [3.8, 4) is 6.01 Å². The smallest absolute Gasteiger partial charge is 0.371 e. The fourth-order valence-electron chi connectivity index (χ4n) is 1.98. The molecule has 0 spiro atoms. The van der Waals surface area contributed by atoms with Gasteiger partial charge in [0.15, 0.2) is 6.61 Å². The summed E-state index contributed by atoms with van der Waals surface area (Å²) in [4.78, 5) is 29.0. The van der Waals surface area contributed by atoms with Crippen LogP contribution in [0.4, 0.5) is 4.79 Å². The number of hydrogen-bond acceptors (Lipinski definition) is 10. The summed E-state index contributed by atoms with van der Waals surface area (Å²) in [5, 5.41) is 9.14. The van der Waals surface area contributed by atoms with Gasteiger partial charge in [-0.1, -0.05) is 0 Å². The van der Waals surface area contributed by atoms with Crippen LogP contribution in [-0.2, 0) is 32.0 Å². The zero-order valence-corrected chi connectivity index (χ0v) is 15.9. The van der Waals surface area contributed by atoms with E-state index in [-0.39, 0.29) is 22.7 Å². The van der Waals surface area contributed by atoms with Crippen LogP contribution in [0.15, 0.2) is 25.6 Å². The highest BCUT2D eigenvalue weighted by Gasteiger charge is 2.23. The van der Waals surface area contributed by atoms with Gasteiger partial charge in [-0.05, 0) is 23.5 Å². The predicted octanol–water partition coefficient (Wildman–Crippen LogP) is -0.0375. The number of oxime groups is 1. The van der Waals surface area contributed by atoms with Crippen molar-refractivity contribution < 1.29 is 27.6 Å². The molecule has 0 bridgehead atoms. The highest BCUT2D eigenvalue weighted by molar-refractivity contribution is 7.82. The van der Waals surface area contributed by atoms with E-state index in [0.29, 0.717) is 23.5 Å². The fraction of sp³-hybridized carbons (Fsp3) is 0.385. The molecule has 3 rings (SSSR count). The minimum atomic E-state index is -2.08. The lowest BCUT2D eigenvalue weighted by atomic mass is 10.3. The molecule has 146 valence electrons. The maximum Gasteiger partial charge on any atom is 0.371 e. The zero-order valence-electron chi connectivity index (χ0n) is 14.2. The second-order valence-electron chi connectivity index (χ2n) is 4.89. The number of thiophene rings is 1. The Balaban J connectivity index is 1.69. The van der Waals surface area contributed by atoms with Crippen LogP contribution in [-0.4, -0.2) is 50.3 Å². The van der Waals surface area contributed by atoms with Crippen molar-refractivity contribution in [2.45, 2.75) is 11.1 Å². The molecule has 0 saturated heterocycles. The van der Waals surface area contributed by atoms with Crippen LogP contribution in [0.3, 0.4) is 0 Å². The van der Waals surface area contributed by atoms with Crippen molar-refractivity contribution in [3.05, 3.63) is 27.5 Å². The van der Waals surface area contributed by atoms with Crippen LogP contribution < -0.4 is 15.9 Å². The standard InChI is InChI=1S/C13H15N5O7S2/c1-3-22-12-14-18(13(20)17(12)2)11(19)16-25-27(21)10-8(4-7-26-10)9-15-24-6-5-23-9/h4,7H,3,5-6H2,1-2H3,(H,16,19). The number of nitrogens with zero attached hydrogens (tertiary/aromatic N) is 4. The van der Waals surface area contributed by atoms with E-state index in [1.165, 1.54) is 7.05 Å². The van der Waals surface area contributed by atoms with E-state index >= 15 is 0 Å².